The minimum atomic E-state index is -0.362. The maximum atomic E-state index is 12.4. The molecule has 1 aliphatic rings. The molecule has 122 valence electrons. The standard InChI is InChI=1S/C17H15N3O3S/c21-15-8-11(9-20(15)10-12-4-3-7-23-12)16(22)19-17-18-13-5-1-2-6-14(13)24-17/h1-7,11H,8-10H2,(H,18,19,22)/t11-/m1/s1. The Labute approximate surface area is 142 Å². The smallest absolute Gasteiger partial charge is 0.231 e. The highest BCUT2D eigenvalue weighted by atomic mass is 32.1. The predicted molar refractivity (Wildman–Crippen MR) is 90.5 cm³/mol. The van der Waals surface area contributed by atoms with Crippen molar-refractivity contribution in [2.24, 2.45) is 5.92 Å². The van der Waals surface area contributed by atoms with E-state index in [0.717, 1.165) is 16.0 Å². The minimum Gasteiger partial charge on any atom is -0.467 e. The van der Waals surface area contributed by atoms with Crippen LogP contribution in [0.5, 0.6) is 0 Å². The van der Waals surface area contributed by atoms with Gasteiger partial charge in [-0.05, 0) is 24.3 Å². The zero-order valence-corrected chi connectivity index (χ0v) is 13.6. The van der Waals surface area contributed by atoms with Crippen LogP contribution in [-0.2, 0) is 16.1 Å². The van der Waals surface area contributed by atoms with Crippen LogP contribution in [0.15, 0.2) is 47.1 Å². The summed E-state index contributed by atoms with van der Waals surface area (Å²) in [6.45, 7) is 0.799. The number of anilines is 1. The molecule has 0 saturated carbocycles. The largest absolute Gasteiger partial charge is 0.467 e. The van der Waals surface area contributed by atoms with Crippen molar-refractivity contribution in [2.75, 3.05) is 11.9 Å². The lowest BCUT2D eigenvalue weighted by atomic mass is 10.1. The molecule has 3 aromatic rings. The molecular formula is C17H15N3O3S. The lowest BCUT2D eigenvalue weighted by Crippen LogP contribution is -2.27. The fourth-order valence-electron chi connectivity index (χ4n) is 2.82. The van der Waals surface area contributed by atoms with Crippen LogP contribution in [0.25, 0.3) is 10.2 Å². The number of likely N-dealkylation sites (tertiary alicyclic amines) is 1. The summed E-state index contributed by atoms with van der Waals surface area (Å²) in [6, 6.07) is 11.3. The number of nitrogens with zero attached hydrogens (tertiary/aromatic N) is 2. The van der Waals surface area contributed by atoms with E-state index < -0.39 is 0 Å². The summed E-state index contributed by atoms with van der Waals surface area (Å²) in [5, 5.41) is 3.41. The Bertz CT molecular complexity index is 855. The average Bonchev–Trinajstić information content (AvgIpc) is 3.28. The molecule has 2 aromatic heterocycles. The van der Waals surface area contributed by atoms with E-state index >= 15 is 0 Å². The highest BCUT2D eigenvalue weighted by Crippen LogP contribution is 2.27. The maximum absolute atomic E-state index is 12.4. The fraction of sp³-hybridized carbons (Fsp3) is 0.235. The van der Waals surface area contributed by atoms with Gasteiger partial charge in [-0.2, -0.15) is 0 Å². The van der Waals surface area contributed by atoms with Crippen LogP contribution >= 0.6 is 11.3 Å². The highest BCUT2D eigenvalue weighted by molar-refractivity contribution is 7.22. The predicted octanol–water partition coefficient (Wildman–Crippen LogP) is 2.88. The first-order chi connectivity index (χ1) is 11.7. The summed E-state index contributed by atoms with van der Waals surface area (Å²) < 4.78 is 6.29. The van der Waals surface area contributed by atoms with E-state index in [1.807, 2.05) is 30.3 Å². The monoisotopic (exact) mass is 341 g/mol. The molecule has 0 spiro atoms. The number of carbonyl (C=O) groups excluding carboxylic acids is 2. The first-order valence-corrected chi connectivity index (χ1v) is 8.47. The average molecular weight is 341 g/mol. The molecule has 1 aliphatic heterocycles. The quantitative estimate of drug-likeness (QED) is 0.792. The van der Waals surface area contributed by atoms with Crippen molar-refractivity contribution in [3.05, 3.63) is 48.4 Å². The lowest BCUT2D eigenvalue weighted by Gasteiger charge is -2.14. The number of nitrogens with one attached hydrogen (secondary N) is 1. The van der Waals surface area contributed by atoms with Gasteiger partial charge in [-0.3, -0.25) is 9.59 Å². The van der Waals surface area contributed by atoms with Crippen molar-refractivity contribution in [1.82, 2.24) is 9.88 Å². The number of hydrogen-bond donors (Lipinski definition) is 1. The summed E-state index contributed by atoms with van der Waals surface area (Å²) in [7, 11) is 0. The number of furan rings is 1. The van der Waals surface area contributed by atoms with Crippen LogP contribution in [0.1, 0.15) is 12.2 Å². The van der Waals surface area contributed by atoms with E-state index in [2.05, 4.69) is 10.3 Å². The van der Waals surface area contributed by atoms with E-state index in [-0.39, 0.29) is 24.2 Å². The Morgan fingerprint density at radius 1 is 1.33 bits per heavy atom. The van der Waals surface area contributed by atoms with E-state index in [1.54, 1.807) is 17.2 Å². The van der Waals surface area contributed by atoms with Gasteiger partial charge in [0.1, 0.15) is 5.76 Å². The van der Waals surface area contributed by atoms with Gasteiger partial charge in [0.05, 0.1) is 28.9 Å². The number of benzene rings is 1. The summed E-state index contributed by atoms with van der Waals surface area (Å²) >= 11 is 1.43. The first kappa shape index (κ1) is 14.9. The van der Waals surface area contributed by atoms with Crippen LogP contribution in [0, 0.1) is 5.92 Å². The third kappa shape index (κ3) is 2.90. The second-order valence-electron chi connectivity index (χ2n) is 5.73. The lowest BCUT2D eigenvalue weighted by molar-refractivity contribution is -0.128. The molecule has 0 aliphatic carbocycles. The SMILES string of the molecule is O=C(Nc1nc2ccccc2s1)[C@@H]1CC(=O)N(Cc2ccco2)C1. The van der Waals surface area contributed by atoms with Crippen LogP contribution < -0.4 is 5.32 Å². The molecule has 0 bridgehead atoms. The number of aromatic nitrogens is 1. The van der Waals surface area contributed by atoms with E-state index in [9.17, 15) is 9.59 Å². The van der Waals surface area contributed by atoms with Gasteiger partial charge in [0, 0.05) is 13.0 Å². The topological polar surface area (TPSA) is 75.4 Å². The zero-order valence-electron chi connectivity index (χ0n) is 12.8. The molecule has 7 heteroatoms. The van der Waals surface area contributed by atoms with Crippen LogP contribution in [0.2, 0.25) is 0 Å². The molecular weight excluding hydrogens is 326 g/mol. The summed E-state index contributed by atoms with van der Waals surface area (Å²) in [5.41, 5.74) is 0.861. The molecule has 1 N–H and O–H groups in total. The van der Waals surface area contributed by atoms with Gasteiger partial charge < -0.3 is 14.6 Å². The van der Waals surface area contributed by atoms with Crippen molar-refractivity contribution >= 4 is 38.5 Å². The van der Waals surface area contributed by atoms with Gasteiger partial charge in [-0.1, -0.05) is 23.5 Å². The van der Waals surface area contributed by atoms with Gasteiger partial charge >= 0.3 is 0 Å². The maximum Gasteiger partial charge on any atom is 0.231 e. The highest BCUT2D eigenvalue weighted by Gasteiger charge is 2.34. The molecule has 2 amide bonds. The number of para-hydroxylation sites is 1. The second-order valence-corrected chi connectivity index (χ2v) is 6.76. The molecule has 4 rings (SSSR count). The Kier molecular flexibility index (Phi) is 3.78. The van der Waals surface area contributed by atoms with Crippen molar-refractivity contribution in [3.8, 4) is 0 Å². The Balaban J connectivity index is 1.42. The number of rotatable bonds is 4. The van der Waals surface area contributed by atoms with Gasteiger partial charge in [-0.25, -0.2) is 4.98 Å². The molecule has 1 aromatic carbocycles. The van der Waals surface area contributed by atoms with Crippen LogP contribution in [0.3, 0.4) is 0 Å². The third-order valence-electron chi connectivity index (χ3n) is 4.04. The zero-order chi connectivity index (χ0) is 16.5. The van der Waals surface area contributed by atoms with E-state index in [1.165, 1.54) is 11.3 Å². The summed E-state index contributed by atoms with van der Waals surface area (Å²) in [4.78, 5) is 30.6. The molecule has 1 saturated heterocycles. The molecule has 0 unspecified atom stereocenters. The van der Waals surface area contributed by atoms with Crippen molar-refractivity contribution in [3.63, 3.8) is 0 Å². The molecule has 0 radical (unpaired) electrons. The second kappa shape index (κ2) is 6.09. The van der Waals surface area contributed by atoms with Crippen LogP contribution in [-0.4, -0.2) is 28.2 Å². The van der Waals surface area contributed by atoms with Crippen molar-refractivity contribution in [1.29, 1.82) is 0 Å². The summed E-state index contributed by atoms with van der Waals surface area (Å²) in [5.74, 6) is 0.162. The van der Waals surface area contributed by atoms with Gasteiger partial charge in [0.15, 0.2) is 5.13 Å². The minimum absolute atomic E-state index is 0.0316. The molecule has 6 nitrogen and oxygen atoms in total. The number of thiazole rings is 1. The van der Waals surface area contributed by atoms with E-state index in [0.29, 0.717) is 18.2 Å². The summed E-state index contributed by atoms with van der Waals surface area (Å²) in [6.07, 6.45) is 1.80. The van der Waals surface area contributed by atoms with Gasteiger partial charge in [0.2, 0.25) is 11.8 Å². The Morgan fingerprint density at radius 3 is 3.00 bits per heavy atom. The normalized spacial score (nSPS) is 17.6. The van der Waals surface area contributed by atoms with Crippen molar-refractivity contribution in [2.45, 2.75) is 13.0 Å². The van der Waals surface area contributed by atoms with Gasteiger partial charge in [0.25, 0.3) is 0 Å². The molecule has 3 heterocycles. The van der Waals surface area contributed by atoms with E-state index in [4.69, 9.17) is 4.42 Å². The number of carbonyl (C=O) groups is 2. The molecule has 1 atom stereocenters. The fourth-order valence-corrected chi connectivity index (χ4v) is 3.69. The van der Waals surface area contributed by atoms with Crippen LogP contribution in [0.4, 0.5) is 5.13 Å². The number of hydrogen-bond acceptors (Lipinski definition) is 5. The van der Waals surface area contributed by atoms with Gasteiger partial charge in [-0.15, -0.1) is 0 Å². The molecule has 24 heavy (non-hydrogen) atoms. The molecule has 1 fully saturated rings. The Morgan fingerprint density at radius 2 is 2.21 bits per heavy atom. The number of amides is 2. The third-order valence-corrected chi connectivity index (χ3v) is 4.99. The Hall–Kier alpha value is -2.67. The van der Waals surface area contributed by atoms with Crippen molar-refractivity contribution < 1.29 is 14.0 Å². The number of fused-ring (bicyclic) bond motifs is 1. The first-order valence-electron chi connectivity index (χ1n) is 7.65.